The molecule has 0 bridgehead atoms. The van der Waals surface area contributed by atoms with Crippen molar-refractivity contribution >= 4 is 40.6 Å². The van der Waals surface area contributed by atoms with Gasteiger partial charge >= 0.3 is 0 Å². The largest absolute Gasteiger partial charge is 0.378 e. The molecule has 3 rings (SSSR count). The molecule has 1 aromatic heterocycles. The van der Waals surface area contributed by atoms with Crippen molar-refractivity contribution in [2.24, 2.45) is 10.7 Å². The summed E-state index contributed by atoms with van der Waals surface area (Å²) in [6, 6.07) is 8.16. The number of benzene rings is 1. The number of hydrogen-bond donors (Lipinski definition) is 2. The van der Waals surface area contributed by atoms with E-state index < -0.39 is 5.54 Å². The van der Waals surface area contributed by atoms with Crippen molar-refractivity contribution in [2.75, 3.05) is 11.1 Å². The van der Waals surface area contributed by atoms with Gasteiger partial charge in [0.2, 0.25) is 6.41 Å². The molecule has 0 fully saturated rings. The van der Waals surface area contributed by atoms with E-state index in [1.165, 1.54) is 23.9 Å². The maximum absolute atomic E-state index is 14.4. The number of nitrogens with one attached hydrogen (secondary N) is 1. The number of amidine groups is 1. The number of thioether (sulfide) groups is 1. The molecule has 1 aliphatic rings. The fraction of sp³-hybridized carbons (Fsp3) is 0.286. The van der Waals surface area contributed by atoms with Crippen LogP contribution in [0.15, 0.2) is 53.7 Å². The van der Waals surface area contributed by atoms with Gasteiger partial charge in [-0.25, -0.2) is 9.38 Å². The molecule has 2 aromatic rings. The third-order valence-corrected chi connectivity index (χ3v) is 5.51. The zero-order chi connectivity index (χ0) is 21.4. The number of carbonyl (C=O) groups excluding carboxylic acids is 1. The highest BCUT2D eigenvalue weighted by atomic mass is 35.5. The van der Waals surface area contributed by atoms with Crippen LogP contribution < -0.4 is 11.1 Å². The van der Waals surface area contributed by atoms with E-state index in [1.54, 1.807) is 12.3 Å². The molecule has 1 atom stereocenters. The van der Waals surface area contributed by atoms with E-state index in [9.17, 15) is 9.18 Å². The molecule has 29 heavy (non-hydrogen) atoms. The fourth-order valence-electron chi connectivity index (χ4n) is 3.01. The highest BCUT2D eigenvalue weighted by Crippen LogP contribution is 2.44. The van der Waals surface area contributed by atoms with Crippen LogP contribution in [-0.4, -0.2) is 22.3 Å². The number of halogens is 2. The van der Waals surface area contributed by atoms with E-state index in [2.05, 4.69) is 21.9 Å². The molecule has 0 spiro atoms. The summed E-state index contributed by atoms with van der Waals surface area (Å²) in [5.41, 5.74) is 7.76. The second-order valence-electron chi connectivity index (χ2n) is 6.53. The Morgan fingerprint density at radius 2 is 2.17 bits per heavy atom. The lowest BCUT2D eigenvalue weighted by Crippen LogP contribution is -2.34. The van der Waals surface area contributed by atoms with Gasteiger partial charge < -0.3 is 11.1 Å². The quantitative estimate of drug-likeness (QED) is 0.509. The normalized spacial score (nSPS) is 18.3. The van der Waals surface area contributed by atoms with Crippen LogP contribution >= 0.6 is 23.4 Å². The molecule has 1 unspecified atom stereocenters. The molecular weight excluding hydrogens is 411 g/mol. The summed E-state index contributed by atoms with van der Waals surface area (Å²) < 4.78 is 14.4. The first kappa shape index (κ1) is 22.9. The van der Waals surface area contributed by atoms with Gasteiger partial charge in [-0.1, -0.05) is 43.3 Å². The van der Waals surface area contributed by atoms with Crippen LogP contribution in [-0.2, 0) is 10.3 Å². The van der Waals surface area contributed by atoms with Crippen LogP contribution in [0.2, 0.25) is 5.02 Å². The summed E-state index contributed by atoms with van der Waals surface area (Å²) in [5, 5.41) is 3.66. The van der Waals surface area contributed by atoms with Gasteiger partial charge in [-0.2, -0.15) is 0 Å². The lowest BCUT2D eigenvalue weighted by atomic mass is 9.80. The second kappa shape index (κ2) is 10.4. The van der Waals surface area contributed by atoms with E-state index in [4.69, 9.17) is 17.3 Å². The predicted molar refractivity (Wildman–Crippen MR) is 120 cm³/mol. The van der Waals surface area contributed by atoms with Crippen LogP contribution in [0.4, 0.5) is 10.1 Å². The molecule has 1 amide bonds. The van der Waals surface area contributed by atoms with E-state index in [-0.39, 0.29) is 5.82 Å². The van der Waals surface area contributed by atoms with Gasteiger partial charge in [0.05, 0.1) is 5.02 Å². The summed E-state index contributed by atoms with van der Waals surface area (Å²) >= 11 is 6.95. The zero-order valence-corrected chi connectivity index (χ0v) is 18.0. The summed E-state index contributed by atoms with van der Waals surface area (Å²) in [6.07, 6.45) is 3.63. The van der Waals surface area contributed by atoms with Gasteiger partial charge in [-0.15, -0.1) is 0 Å². The van der Waals surface area contributed by atoms with Crippen molar-refractivity contribution in [3.63, 3.8) is 0 Å². The number of amides is 1. The Bertz CT molecular complexity index is 883. The van der Waals surface area contributed by atoms with E-state index >= 15 is 0 Å². The topological polar surface area (TPSA) is 80.4 Å². The number of aryl methyl sites for hydroxylation is 1. The van der Waals surface area contributed by atoms with E-state index in [0.29, 0.717) is 40.0 Å². The number of carbonyl (C=O) groups is 1. The minimum absolute atomic E-state index is 0.371. The first-order chi connectivity index (χ1) is 13.8. The Morgan fingerprint density at radius 1 is 1.41 bits per heavy atom. The molecular formula is C21H24ClFN4OS. The van der Waals surface area contributed by atoms with Crippen LogP contribution in [0, 0.1) is 12.7 Å². The molecule has 2 heterocycles. The lowest BCUT2D eigenvalue weighted by molar-refractivity contribution is -0.105. The standard InChI is InChI=1S/C15H18FN3OS.C6H6ClN/c1-3-6-15(10(2)8-21-14(17)19-15)12-7-11(18-9-20)4-5-13(12)16;1-5-2-3-6(7)4-8-5/h4-5,7,9H,2-3,6,8H2,1H3,(H2,17,19)(H,18,20);2-4H,1H3. The van der Waals surface area contributed by atoms with Gasteiger partial charge in [-0.05, 0) is 49.2 Å². The molecule has 3 N–H and O–H groups in total. The van der Waals surface area contributed by atoms with Crippen LogP contribution in [0.25, 0.3) is 0 Å². The Balaban J connectivity index is 0.000000313. The Labute approximate surface area is 179 Å². The Morgan fingerprint density at radius 3 is 2.76 bits per heavy atom. The average molecular weight is 435 g/mol. The van der Waals surface area contributed by atoms with Gasteiger partial charge in [0.15, 0.2) is 5.17 Å². The van der Waals surface area contributed by atoms with Gasteiger partial charge in [0.25, 0.3) is 0 Å². The molecule has 0 aliphatic carbocycles. The maximum atomic E-state index is 14.4. The third-order valence-electron chi connectivity index (χ3n) is 4.40. The molecule has 0 radical (unpaired) electrons. The summed E-state index contributed by atoms with van der Waals surface area (Å²) in [5.74, 6) is 0.240. The minimum Gasteiger partial charge on any atom is -0.378 e. The van der Waals surface area contributed by atoms with Crippen molar-refractivity contribution in [1.82, 2.24) is 4.98 Å². The molecule has 0 saturated heterocycles. The van der Waals surface area contributed by atoms with Crippen molar-refractivity contribution in [2.45, 2.75) is 32.2 Å². The van der Waals surface area contributed by atoms with Crippen molar-refractivity contribution in [1.29, 1.82) is 0 Å². The summed E-state index contributed by atoms with van der Waals surface area (Å²) in [7, 11) is 0. The first-order valence-corrected chi connectivity index (χ1v) is 10.4. The van der Waals surface area contributed by atoms with Crippen LogP contribution in [0.5, 0.6) is 0 Å². The molecule has 8 heteroatoms. The van der Waals surface area contributed by atoms with Crippen molar-refractivity contribution in [3.8, 4) is 0 Å². The highest BCUT2D eigenvalue weighted by Gasteiger charge is 2.39. The summed E-state index contributed by atoms with van der Waals surface area (Å²) in [4.78, 5) is 19.1. The van der Waals surface area contributed by atoms with Crippen LogP contribution in [0.1, 0.15) is 31.0 Å². The van der Waals surface area contributed by atoms with Crippen LogP contribution in [0.3, 0.4) is 0 Å². The van der Waals surface area contributed by atoms with Gasteiger partial charge in [0, 0.05) is 28.9 Å². The van der Waals surface area contributed by atoms with Crippen molar-refractivity contribution in [3.05, 3.63) is 70.8 Å². The Hall–Kier alpha value is -2.38. The number of nitrogens with zero attached hydrogens (tertiary/aromatic N) is 2. The van der Waals surface area contributed by atoms with Gasteiger partial charge in [0.1, 0.15) is 11.4 Å². The smallest absolute Gasteiger partial charge is 0.211 e. The minimum atomic E-state index is -0.852. The third kappa shape index (κ3) is 5.81. The number of rotatable bonds is 5. The molecule has 0 saturated carbocycles. The number of aliphatic imine (C=N–C) groups is 1. The number of aromatic nitrogens is 1. The molecule has 1 aliphatic heterocycles. The molecule has 154 valence electrons. The lowest BCUT2D eigenvalue weighted by Gasteiger charge is -2.36. The fourth-order valence-corrected chi connectivity index (χ4v) is 3.90. The zero-order valence-electron chi connectivity index (χ0n) is 16.4. The first-order valence-electron chi connectivity index (χ1n) is 9.07. The maximum Gasteiger partial charge on any atom is 0.211 e. The second-order valence-corrected chi connectivity index (χ2v) is 7.96. The summed E-state index contributed by atoms with van der Waals surface area (Å²) in [6.45, 7) is 8.01. The highest BCUT2D eigenvalue weighted by molar-refractivity contribution is 8.14. The SMILES string of the molecule is C=C1CSC(N)=NC1(CCC)c1cc(NC=O)ccc1F.Cc1ccc(Cl)cn1. The molecule has 5 nitrogen and oxygen atoms in total. The number of pyridine rings is 1. The van der Waals surface area contributed by atoms with Gasteiger partial charge in [-0.3, -0.25) is 9.78 Å². The predicted octanol–water partition coefficient (Wildman–Crippen LogP) is 5.05. The number of hydrogen-bond acceptors (Lipinski definition) is 5. The molecule has 1 aromatic carbocycles. The monoisotopic (exact) mass is 434 g/mol. The van der Waals surface area contributed by atoms with Crippen molar-refractivity contribution < 1.29 is 9.18 Å². The van der Waals surface area contributed by atoms with E-state index in [0.717, 1.165) is 17.7 Å². The number of nitrogens with two attached hydrogens (primary N) is 1. The Kier molecular flexibility index (Phi) is 8.22. The van der Waals surface area contributed by atoms with E-state index in [1.807, 2.05) is 26.0 Å². The number of anilines is 1. The average Bonchev–Trinajstić information content (AvgIpc) is 2.69.